The number of aliphatic hydroxyl groups is 1. The van der Waals surface area contributed by atoms with Crippen LogP contribution in [0.1, 0.15) is 26.2 Å². The highest BCUT2D eigenvalue weighted by molar-refractivity contribution is 5.11. The van der Waals surface area contributed by atoms with Crippen LogP contribution in [-0.4, -0.2) is 18.0 Å². The fourth-order valence-electron chi connectivity index (χ4n) is 4.18. The molecule has 74 valence electrons. The summed E-state index contributed by atoms with van der Waals surface area (Å²) >= 11 is 0. The Morgan fingerprint density at radius 2 is 2.00 bits per heavy atom. The molecule has 1 N–H and O–H groups in total. The number of ether oxygens (including phenoxy) is 1. The molecule has 0 aromatic carbocycles. The van der Waals surface area contributed by atoms with Crippen molar-refractivity contribution in [3.8, 4) is 0 Å². The molecule has 6 atom stereocenters. The van der Waals surface area contributed by atoms with Crippen LogP contribution in [0.25, 0.3) is 0 Å². The molecule has 0 bridgehead atoms. The first-order valence-electron chi connectivity index (χ1n) is 5.53. The first-order chi connectivity index (χ1) is 6.31. The van der Waals surface area contributed by atoms with Gasteiger partial charge in [-0.3, -0.25) is 0 Å². The Bertz CT molecular complexity index is 216. The van der Waals surface area contributed by atoms with Gasteiger partial charge in [-0.05, 0) is 48.9 Å². The van der Waals surface area contributed by atoms with Crippen LogP contribution in [0, 0.1) is 29.6 Å². The fraction of sp³-hybridized carbons (Fsp3) is 1.00. The summed E-state index contributed by atoms with van der Waals surface area (Å²) in [6.07, 6.45) is 4.57. The molecule has 0 amide bonds. The molecule has 0 aliphatic heterocycles. The van der Waals surface area contributed by atoms with Crippen LogP contribution in [0.15, 0.2) is 0 Å². The largest absolute Gasteiger partial charge is 0.371 e. The van der Waals surface area contributed by atoms with Gasteiger partial charge >= 0.3 is 0 Å². The first kappa shape index (κ1) is 8.25. The van der Waals surface area contributed by atoms with Gasteiger partial charge in [-0.2, -0.15) is 0 Å². The van der Waals surface area contributed by atoms with E-state index < -0.39 is 0 Å². The third-order valence-electron chi connectivity index (χ3n) is 4.60. The topological polar surface area (TPSA) is 29.5 Å². The molecule has 6 unspecified atom stereocenters. The van der Waals surface area contributed by atoms with Gasteiger partial charge in [0.15, 0.2) is 0 Å². The Kier molecular flexibility index (Phi) is 1.72. The van der Waals surface area contributed by atoms with Gasteiger partial charge < -0.3 is 9.84 Å². The van der Waals surface area contributed by atoms with Gasteiger partial charge in [0.1, 0.15) is 6.79 Å². The van der Waals surface area contributed by atoms with Crippen molar-refractivity contribution in [3.05, 3.63) is 0 Å². The quantitative estimate of drug-likeness (QED) is 0.658. The molecule has 3 aliphatic carbocycles. The zero-order valence-corrected chi connectivity index (χ0v) is 8.15. The van der Waals surface area contributed by atoms with E-state index in [0.29, 0.717) is 6.10 Å². The van der Waals surface area contributed by atoms with Crippen molar-refractivity contribution in [3.63, 3.8) is 0 Å². The van der Waals surface area contributed by atoms with E-state index in [1.807, 2.05) is 0 Å². The fourth-order valence-corrected chi connectivity index (χ4v) is 4.18. The van der Waals surface area contributed by atoms with E-state index in [-0.39, 0.29) is 6.79 Å². The van der Waals surface area contributed by atoms with Gasteiger partial charge in [-0.1, -0.05) is 6.92 Å². The van der Waals surface area contributed by atoms with Gasteiger partial charge in [0, 0.05) is 0 Å². The second-order valence-electron chi connectivity index (χ2n) is 5.24. The number of aliphatic hydroxyl groups excluding tert-OH is 1. The minimum atomic E-state index is -0.0799. The number of hydrogen-bond acceptors (Lipinski definition) is 2. The molecule has 0 radical (unpaired) electrons. The molecule has 0 aromatic rings. The molecule has 0 saturated heterocycles. The van der Waals surface area contributed by atoms with Crippen LogP contribution < -0.4 is 0 Å². The standard InChI is InChI=1S/C11H18O2/c1-6-2-7-4-9-10(7)8(3-6)11(9)13-5-12/h6-12H,2-5H2,1H3. The van der Waals surface area contributed by atoms with E-state index in [9.17, 15) is 0 Å². The maximum Gasteiger partial charge on any atom is 0.143 e. The summed E-state index contributed by atoms with van der Waals surface area (Å²) in [7, 11) is 0. The predicted molar refractivity (Wildman–Crippen MR) is 48.9 cm³/mol. The summed E-state index contributed by atoms with van der Waals surface area (Å²) in [5.41, 5.74) is 0. The second-order valence-corrected chi connectivity index (χ2v) is 5.24. The van der Waals surface area contributed by atoms with Gasteiger partial charge in [-0.15, -0.1) is 0 Å². The number of hydrogen-bond donors (Lipinski definition) is 1. The van der Waals surface area contributed by atoms with Gasteiger partial charge in [-0.25, -0.2) is 0 Å². The van der Waals surface area contributed by atoms with Crippen molar-refractivity contribution < 1.29 is 9.84 Å². The smallest absolute Gasteiger partial charge is 0.143 e. The molecule has 0 aromatic heterocycles. The lowest BCUT2D eigenvalue weighted by Gasteiger charge is -2.66. The van der Waals surface area contributed by atoms with Crippen molar-refractivity contribution in [1.82, 2.24) is 0 Å². The Hall–Kier alpha value is -0.0800. The van der Waals surface area contributed by atoms with Gasteiger partial charge in [0.05, 0.1) is 6.10 Å². The summed E-state index contributed by atoms with van der Waals surface area (Å²) < 4.78 is 5.40. The molecule has 3 aliphatic rings. The van der Waals surface area contributed by atoms with Crippen molar-refractivity contribution >= 4 is 0 Å². The van der Waals surface area contributed by atoms with E-state index in [2.05, 4.69) is 6.92 Å². The molecule has 13 heavy (non-hydrogen) atoms. The van der Waals surface area contributed by atoms with Crippen molar-refractivity contribution in [2.75, 3.05) is 6.79 Å². The van der Waals surface area contributed by atoms with Crippen LogP contribution >= 0.6 is 0 Å². The predicted octanol–water partition coefficient (Wildman–Crippen LogP) is 1.63. The van der Waals surface area contributed by atoms with Gasteiger partial charge in [0.2, 0.25) is 0 Å². The zero-order valence-electron chi connectivity index (χ0n) is 8.15. The van der Waals surface area contributed by atoms with E-state index in [1.165, 1.54) is 19.3 Å². The van der Waals surface area contributed by atoms with Crippen LogP contribution in [0.3, 0.4) is 0 Å². The number of rotatable bonds is 2. The highest BCUT2D eigenvalue weighted by atomic mass is 16.6. The lowest BCUT2D eigenvalue weighted by atomic mass is 9.41. The van der Waals surface area contributed by atoms with Crippen LogP contribution in [0.4, 0.5) is 0 Å². The maximum absolute atomic E-state index is 8.77. The Labute approximate surface area is 79.3 Å². The summed E-state index contributed by atoms with van der Waals surface area (Å²) in [4.78, 5) is 0. The van der Waals surface area contributed by atoms with Crippen molar-refractivity contribution in [1.29, 1.82) is 0 Å². The van der Waals surface area contributed by atoms with Crippen molar-refractivity contribution in [2.45, 2.75) is 32.3 Å². The van der Waals surface area contributed by atoms with Crippen molar-refractivity contribution in [2.24, 2.45) is 29.6 Å². The molecule has 0 spiro atoms. The van der Waals surface area contributed by atoms with Crippen LogP contribution in [0.2, 0.25) is 0 Å². The summed E-state index contributed by atoms with van der Waals surface area (Å²) in [5, 5.41) is 8.77. The Balaban J connectivity index is 1.70. The normalized spacial score (nSPS) is 57.7. The molecule has 3 rings (SSSR count). The molecular weight excluding hydrogens is 164 g/mol. The highest BCUT2D eigenvalue weighted by Gasteiger charge is 2.62. The van der Waals surface area contributed by atoms with E-state index >= 15 is 0 Å². The van der Waals surface area contributed by atoms with Crippen LogP contribution in [-0.2, 0) is 4.74 Å². The molecule has 2 heteroatoms. The SMILES string of the molecule is CC1CC2CC3C(OCO)C(C1)C23. The minimum Gasteiger partial charge on any atom is -0.371 e. The summed E-state index contributed by atoms with van der Waals surface area (Å²) in [5.74, 6) is 4.48. The maximum atomic E-state index is 8.77. The summed E-state index contributed by atoms with van der Waals surface area (Å²) in [6, 6.07) is 0. The molecule has 2 nitrogen and oxygen atoms in total. The Morgan fingerprint density at radius 3 is 2.77 bits per heavy atom. The lowest BCUT2D eigenvalue weighted by molar-refractivity contribution is -0.260. The third-order valence-corrected chi connectivity index (χ3v) is 4.60. The van der Waals surface area contributed by atoms with E-state index in [4.69, 9.17) is 9.84 Å². The average molecular weight is 182 g/mol. The molecule has 3 saturated carbocycles. The third kappa shape index (κ3) is 0.962. The molecular formula is C11H18O2. The van der Waals surface area contributed by atoms with Gasteiger partial charge in [0.25, 0.3) is 0 Å². The monoisotopic (exact) mass is 182 g/mol. The summed E-state index contributed by atoms with van der Waals surface area (Å²) in [6.45, 7) is 2.28. The molecule has 0 heterocycles. The first-order valence-corrected chi connectivity index (χ1v) is 5.53. The second kappa shape index (κ2) is 2.71. The average Bonchev–Trinajstić information content (AvgIpc) is 2.05. The minimum absolute atomic E-state index is 0.0799. The van der Waals surface area contributed by atoms with Crippen LogP contribution in [0.5, 0.6) is 0 Å². The van der Waals surface area contributed by atoms with E-state index in [0.717, 1.165) is 29.6 Å². The van der Waals surface area contributed by atoms with E-state index in [1.54, 1.807) is 0 Å². The zero-order chi connectivity index (χ0) is 9.00. The molecule has 3 fully saturated rings. The Morgan fingerprint density at radius 1 is 1.23 bits per heavy atom. The highest BCUT2D eigenvalue weighted by Crippen LogP contribution is 2.65. The lowest BCUT2D eigenvalue weighted by Crippen LogP contribution is -2.65.